The number of hydrogen-bond acceptors (Lipinski definition) is 4. The van der Waals surface area contributed by atoms with Crippen LogP contribution in [0.15, 0.2) is 18.6 Å². The molecule has 1 aliphatic carbocycles. The van der Waals surface area contributed by atoms with Crippen LogP contribution in [0.5, 0.6) is 0 Å². The zero-order valence-corrected chi connectivity index (χ0v) is 14.3. The van der Waals surface area contributed by atoms with Crippen LogP contribution >= 0.6 is 0 Å². The Bertz CT molecular complexity index is 505. The molecule has 0 atom stereocenters. The average molecular weight is 316 g/mol. The van der Waals surface area contributed by atoms with Crippen LogP contribution in [-0.2, 0) is 4.79 Å². The lowest BCUT2D eigenvalue weighted by Crippen LogP contribution is -2.47. The van der Waals surface area contributed by atoms with Crippen LogP contribution in [0.25, 0.3) is 0 Å². The van der Waals surface area contributed by atoms with E-state index >= 15 is 0 Å². The highest BCUT2D eigenvalue weighted by Gasteiger charge is 2.31. The molecule has 1 aliphatic heterocycles. The van der Waals surface area contributed by atoms with E-state index in [9.17, 15) is 4.79 Å². The molecule has 126 valence electrons. The van der Waals surface area contributed by atoms with Crippen LogP contribution < -0.4 is 4.90 Å². The van der Waals surface area contributed by atoms with Crippen LogP contribution in [0, 0.1) is 11.8 Å². The van der Waals surface area contributed by atoms with E-state index in [2.05, 4.69) is 33.7 Å². The first-order chi connectivity index (χ1) is 11.1. The molecule has 1 saturated carbocycles. The number of aromatic nitrogens is 2. The predicted molar refractivity (Wildman–Crippen MR) is 91.2 cm³/mol. The first-order valence-corrected chi connectivity index (χ1v) is 8.92. The molecule has 0 spiro atoms. The molecule has 1 aromatic heterocycles. The standard InChI is InChI=1S/C18H28N4O/c1-14-3-5-15(6-4-14)18(23)22-11-8-16(9-12-22)21(2)17-7-10-19-13-20-17/h7,10,13-16H,3-6,8-9,11-12H2,1-2H3. The van der Waals surface area contributed by atoms with Crippen molar-refractivity contribution < 1.29 is 4.79 Å². The quantitative estimate of drug-likeness (QED) is 0.860. The maximum atomic E-state index is 12.7. The number of anilines is 1. The molecule has 2 fully saturated rings. The highest BCUT2D eigenvalue weighted by atomic mass is 16.2. The number of amides is 1. The SMILES string of the molecule is CC1CCC(C(=O)N2CCC(N(C)c3ccncn3)CC2)CC1. The minimum atomic E-state index is 0.280. The fourth-order valence-electron chi connectivity index (χ4n) is 3.92. The van der Waals surface area contributed by atoms with Gasteiger partial charge < -0.3 is 9.80 Å². The number of likely N-dealkylation sites (tertiary alicyclic amines) is 1. The molecule has 0 aromatic carbocycles. The number of carbonyl (C=O) groups excluding carboxylic acids is 1. The Kier molecular flexibility index (Phi) is 5.13. The van der Waals surface area contributed by atoms with Gasteiger partial charge in [-0.25, -0.2) is 9.97 Å². The first kappa shape index (κ1) is 16.2. The summed E-state index contributed by atoms with van der Waals surface area (Å²) in [6, 6.07) is 2.40. The van der Waals surface area contributed by atoms with Gasteiger partial charge in [0.15, 0.2) is 0 Å². The largest absolute Gasteiger partial charge is 0.356 e. The molecule has 2 heterocycles. The van der Waals surface area contributed by atoms with E-state index in [1.54, 1.807) is 12.5 Å². The Morgan fingerprint density at radius 2 is 1.87 bits per heavy atom. The molecule has 2 aliphatic rings. The van der Waals surface area contributed by atoms with Gasteiger partial charge in [-0.3, -0.25) is 4.79 Å². The summed E-state index contributed by atoms with van der Waals surface area (Å²) in [5.41, 5.74) is 0. The van der Waals surface area contributed by atoms with E-state index in [1.165, 1.54) is 12.8 Å². The van der Waals surface area contributed by atoms with Crippen LogP contribution in [0.3, 0.4) is 0 Å². The highest BCUT2D eigenvalue weighted by molar-refractivity contribution is 5.79. The van der Waals surface area contributed by atoms with Gasteiger partial charge in [0.2, 0.25) is 5.91 Å². The van der Waals surface area contributed by atoms with E-state index in [4.69, 9.17) is 0 Å². The second-order valence-electron chi connectivity index (χ2n) is 7.19. The normalized spacial score (nSPS) is 26.1. The molecule has 0 unspecified atom stereocenters. The van der Waals surface area contributed by atoms with Gasteiger partial charge >= 0.3 is 0 Å². The Hall–Kier alpha value is -1.65. The van der Waals surface area contributed by atoms with Crippen LogP contribution in [0.1, 0.15) is 45.4 Å². The summed E-state index contributed by atoms with van der Waals surface area (Å²) in [4.78, 5) is 25.3. The number of hydrogen-bond donors (Lipinski definition) is 0. The van der Waals surface area contributed by atoms with Gasteiger partial charge in [-0.05, 0) is 50.5 Å². The highest BCUT2D eigenvalue weighted by Crippen LogP contribution is 2.30. The second kappa shape index (κ2) is 7.28. The van der Waals surface area contributed by atoms with E-state index in [-0.39, 0.29) is 5.92 Å². The van der Waals surface area contributed by atoms with Crippen molar-refractivity contribution in [3.8, 4) is 0 Å². The maximum absolute atomic E-state index is 12.7. The Morgan fingerprint density at radius 1 is 1.17 bits per heavy atom. The van der Waals surface area contributed by atoms with Gasteiger partial charge in [0, 0.05) is 38.3 Å². The average Bonchev–Trinajstić information content (AvgIpc) is 2.62. The molecule has 1 saturated heterocycles. The molecule has 1 aromatic rings. The summed E-state index contributed by atoms with van der Waals surface area (Å²) in [7, 11) is 2.09. The molecule has 0 bridgehead atoms. The fraction of sp³-hybridized carbons (Fsp3) is 0.722. The lowest BCUT2D eigenvalue weighted by Gasteiger charge is -2.39. The molecule has 5 heteroatoms. The van der Waals surface area contributed by atoms with Crippen molar-refractivity contribution in [3.05, 3.63) is 18.6 Å². The second-order valence-corrected chi connectivity index (χ2v) is 7.19. The summed E-state index contributed by atoms with van der Waals surface area (Å²) < 4.78 is 0. The van der Waals surface area contributed by atoms with Gasteiger partial charge in [0.25, 0.3) is 0 Å². The lowest BCUT2D eigenvalue weighted by molar-refractivity contribution is -0.137. The van der Waals surface area contributed by atoms with Crippen LogP contribution in [-0.4, -0.2) is 47.0 Å². The predicted octanol–water partition coefficient (Wildman–Crippen LogP) is 2.73. The smallest absolute Gasteiger partial charge is 0.225 e. The van der Waals surface area contributed by atoms with Gasteiger partial charge in [0.1, 0.15) is 12.1 Å². The summed E-state index contributed by atoms with van der Waals surface area (Å²) >= 11 is 0. The van der Waals surface area contributed by atoms with E-state index in [0.29, 0.717) is 11.9 Å². The third-order valence-electron chi connectivity index (χ3n) is 5.62. The third-order valence-corrected chi connectivity index (χ3v) is 5.62. The van der Waals surface area contributed by atoms with Gasteiger partial charge in [-0.2, -0.15) is 0 Å². The van der Waals surface area contributed by atoms with Gasteiger partial charge in [-0.15, -0.1) is 0 Å². The molecule has 1 amide bonds. The summed E-state index contributed by atoms with van der Waals surface area (Å²) in [6.07, 6.45) is 10.0. The van der Waals surface area contributed by atoms with Crippen molar-refractivity contribution in [3.63, 3.8) is 0 Å². The molecular formula is C18H28N4O. The number of piperidine rings is 1. The van der Waals surface area contributed by atoms with E-state index in [1.807, 2.05) is 6.07 Å². The fourth-order valence-corrected chi connectivity index (χ4v) is 3.92. The summed E-state index contributed by atoms with van der Waals surface area (Å²) in [6.45, 7) is 4.06. The van der Waals surface area contributed by atoms with Gasteiger partial charge in [-0.1, -0.05) is 6.92 Å². The van der Waals surface area contributed by atoms with Crippen molar-refractivity contribution in [2.75, 3.05) is 25.0 Å². The maximum Gasteiger partial charge on any atom is 0.225 e. The monoisotopic (exact) mass is 316 g/mol. The zero-order valence-electron chi connectivity index (χ0n) is 14.3. The van der Waals surface area contributed by atoms with Crippen molar-refractivity contribution in [2.24, 2.45) is 11.8 Å². The van der Waals surface area contributed by atoms with Crippen molar-refractivity contribution in [1.82, 2.24) is 14.9 Å². The van der Waals surface area contributed by atoms with Crippen molar-refractivity contribution in [2.45, 2.75) is 51.5 Å². The van der Waals surface area contributed by atoms with E-state index in [0.717, 1.165) is 50.5 Å². The Balaban J connectivity index is 1.51. The number of nitrogens with zero attached hydrogens (tertiary/aromatic N) is 4. The van der Waals surface area contributed by atoms with Crippen LogP contribution in [0.4, 0.5) is 5.82 Å². The van der Waals surface area contributed by atoms with E-state index < -0.39 is 0 Å². The summed E-state index contributed by atoms with van der Waals surface area (Å²) in [5, 5.41) is 0. The molecule has 0 N–H and O–H groups in total. The Labute approximate surface area is 139 Å². The Morgan fingerprint density at radius 3 is 2.48 bits per heavy atom. The number of carbonyl (C=O) groups is 1. The topological polar surface area (TPSA) is 49.3 Å². The zero-order chi connectivity index (χ0) is 16.2. The van der Waals surface area contributed by atoms with Crippen molar-refractivity contribution in [1.29, 1.82) is 0 Å². The summed E-state index contributed by atoms with van der Waals surface area (Å²) in [5.74, 6) is 2.44. The minimum Gasteiger partial charge on any atom is -0.356 e. The third kappa shape index (κ3) is 3.82. The molecule has 3 rings (SSSR count). The minimum absolute atomic E-state index is 0.280. The molecule has 23 heavy (non-hydrogen) atoms. The molecular weight excluding hydrogens is 288 g/mol. The van der Waals surface area contributed by atoms with Gasteiger partial charge in [0.05, 0.1) is 0 Å². The first-order valence-electron chi connectivity index (χ1n) is 8.92. The van der Waals surface area contributed by atoms with Crippen molar-refractivity contribution >= 4 is 11.7 Å². The molecule has 0 radical (unpaired) electrons. The molecule has 5 nitrogen and oxygen atoms in total. The lowest BCUT2D eigenvalue weighted by atomic mass is 9.82. The van der Waals surface area contributed by atoms with Crippen LogP contribution in [0.2, 0.25) is 0 Å². The number of rotatable bonds is 3.